The lowest BCUT2D eigenvalue weighted by Crippen LogP contribution is -2.41. The van der Waals surface area contributed by atoms with E-state index >= 15 is 0 Å². The summed E-state index contributed by atoms with van der Waals surface area (Å²) in [6.45, 7) is 22.0. The fourth-order valence-corrected chi connectivity index (χ4v) is 15.4. The van der Waals surface area contributed by atoms with Gasteiger partial charge in [0.2, 0.25) is 0 Å². The monoisotopic (exact) mass is 2100 g/mol. The summed E-state index contributed by atoms with van der Waals surface area (Å²) in [4.78, 5) is 23.5. The lowest BCUT2D eigenvalue weighted by molar-refractivity contribution is -0.385. The number of benzene rings is 7. The van der Waals surface area contributed by atoms with Crippen LogP contribution in [0.3, 0.4) is 0 Å². The Labute approximate surface area is 762 Å². The van der Waals surface area contributed by atoms with Crippen LogP contribution in [-0.4, -0.2) is 120 Å². The molecular formula is C82H86BBr5Cl5F8N13O7. The third kappa shape index (κ3) is 25.5. The van der Waals surface area contributed by atoms with E-state index in [1.54, 1.807) is 47.7 Å². The number of amides is 1. The Morgan fingerprint density at radius 3 is 1.61 bits per heavy atom. The number of aromatic nitrogens is 8. The minimum absolute atomic E-state index is 0.0585. The van der Waals surface area contributed by atoms with Gasteiger partial charge in [0.15, 0.2) is 29.5 Å². The second-order valence-electron chi connectivity index (χ2n) is 29.7. The molecule has 39 heteroatoms. The molecule has 0 spiro atoms. The van der Waals surface area contributed by atoms with E-state index in [2.05, 4.69) is 127 Å². The predicted octanol–water partition coefficient (Wildman–Crippen LogP) is 26.6. The van der Waals surface area contributed by atoms with Crippen LogP contribution in [0.4, 0.5) is 57.0 Å². The normalized spacial score (nSPS) is 16.0. The van der Waals surface area contributed by atoms with Crippen molar-refractivity contribution in [2.45, 2.75) is 150 Å². The molecule has 650 valence electrons. The zero-order chi connectivity index (χ0) is 90.2. The molecule has 0 bridgehead atoms. The smallest absolute Gasteiger partial charge is 0.444 e. The molecule has 1 aliphatic carbocycles. The van der Waals surface area contributed by atoms with Crippen LogP contribution in [0.25, 0.3) is 54.8 Å². The number of alkyl halides is 1. The van der Waals surface area contributed by atoms with Gasteiger partial charge in [-0.2, -0.15) is 20.4 Å². The molecule has 4 aromatic heterocycles. The van der Waals surface area contributed by atoms with Crippen molar-refractivity contribution in [1.82, 2.24) is 50.6 Å². The molecule has 8 heterocycles. The summed E-state index contributed by atoms with van der Waals surface area (Å²) in [6, 6.07) is 14.4. The SMILES string of the molecule is CC(C)(C)OC(=O)N1CC=C(B2OC(C)(C)C(C)(C)O2)CC1.Cc1c(F)cc(Br)cc1[N+](=O)[O-].Cc1c(N)cc(Br)c(Cl)c1F.Cc1c(N)cc(Br)cc1F.Fc1c(Cl)c(Br)cc2[nH]ncc12.Fc1c(Cl)c(Br)cc2c1cnn2C1CCCCO1.Fc1c(Cl)c(C2=CCCCC2)cc2[nH]ncc12.Fc1c(Cl)c(C2=CCNCC2)cc2[nH]ncc12.[2H]CF. The van der Waals surface area contributed by atoms with Gasteiger partial charge >= 0.3 is 13.2 Å². The van der Waals surface area contributed by atoms with Gasteiger partial charge in [-0.15, -0.1) is 0 Å². The highest BCUT2D eigenvalue weighted by Crippen LogP contribution is 2.42. The van der Waals surface area contributed by atoms with E-state index in [9.17, 15) is 50.0 Å². The Balaban J connectivity index is 0.000000174. The van der Waals surface area contributed by atoms with Crippen molar-refractivity contribution >= 4 is 223 Å². The van der Waals surface area contributed by atoms with Crippen molar-refractivity contribution in [1.29, 1.82) is 0 Å². The van der Waals surface area contributed by atoms with Crippen molar-refractivity contribution in [3.05, 3.63) is 229 Å². The minimum atomic E-state index is -1.00. The molecular weight excluding hydrogens is 2020 g/mol. The number of fused-ring (bicyclic) bond motifs is 4. The van der Waals surface area contributed by atoms with Gasteiger partial charge in [-0.3, -0.25) is 29.8 Å². The number of hydrogen-bond acceptors (Lipinski definition) is 14. The summed E-state index contributed by atoms with van der Waals surface area (Å²) in [5.74, 6) is -2.97. The number of anilines is 2. The van der Waals surface area contributed by atoms with Crippen LogP contribution in [0, 0.1) is 71.6 Å². The van der Waals surface area contributed by atoms with Crippen LogP contribution >= 0.6 is 138 Å². The number of allylic oxidation sites excluding steroid dienone is 2. The fraction of sp³-hybridized carbons (Fsp3) is 0.354. The van der Waals surface area contributed by atoms with Crippen molar-refractivity contribution in [2.75, 3.05) is 51.4 Å². The highest BCUT2D eigenvalue weighted by Gasteiger charge is 2.52. The first kappa shape index (κ1) is 97.9. The molecule has 20 nitrogen and oxygen atoms in total. The summed E-state index contributed by atoms with van der Waals surface area (Å²) >= 11 is 44.8. The molecule has 2 saturated heterocycles. The maximum Gasteiger partial charge on any atom is 0.490 e. The Bertz CT molecular complexity index is 5510. The van der Waals surface area contributed by atoms with Crippen molar-refractivity contribution in [3.63, 3.8) is 0 Å². The summed E-state index contributed by atoms with van der Waals surface area (Å²) in [7, 11) is -1.31. The maximum atomic E-state index is 14.0. The number of nitrogen functional groups attached to an aromatic ring is 2. The number of rotatable bonds is 5. The van der Waals surface area contributed by atoms with Crippen LogP contribution in [0.2, 0.25) is 25.1 Å². The molecule has 16 rings (SSSR count). The van der Waals surface area contributed by atoms with Gasteiger partial charge in [0.05, 0.1) is 124 Å². The highest BCUT2D eigenvalue weighted by molar-refractivity contribution is 9.11. The second-order valence-corrected chi connectivity index (χ2v) is 36.0. The van der Waals surface area contributed by atoms with Gasteiger partial charge in [0.1, 0.15) is 23.1 Å². The molecule has 7 aromatic carbocycles. The fourth-order valence-electron chi connectivity index (χ4n) is 12.3. The molecule has 5 aliphatic rings. The second kappa shape index (κ2) is 44.3. The number of nitrogens with two attached hydrogens (primary N) is 2. The van der Waals surface area contributed by atoms with Gasteiger partial charge in [-0.25, -0.2) is 40.2 Å². The molecule has 4 aliphatic heterocycles. The molecule has 2 fully saturated rings. The number of hydrogen-bond donors (Lipinski definition) is 6. The zero-order valence-electron chi connectivity index (χ0n) is 67.9. The topological polar surface area (TPSA) is 268 Å². The number of aromatic amines is 3. The van der Waals surface area contributed by atoms with Crippen molar-refractivity contribution in [3.8, 4) is 0 Å². The van der Waals surface area contributed by atoms with Crippen LogP contribution in [-0.2, 0) is 18.8 Å². The third-order valence-corrected chi connectivity index (χ3v) is 25.1. The average molecular weight is 2110 g/mol. The highest BCUT2D eigenvalue weighted by atomic mass is 79.9. The standard InChI is InChI=1S/C16H28BNO4.C13H12ClFN2.C12H11BrClFN2O.C12H11ClFN3.C7H3BrClFN2.C7H6BrClFN.C7H5BrFNO2.C7H7BrFN.CH3F/c1-14(2,3)20-13(19)18-10-8-12(9-11-18)17-21-15(4,5)16(6,7)22-17;14-12-9(8-4-2-1-3-5-8)6-11-10(13(12)15)7-16-17-11;13-8-5-9-7(12(15)11(8)14)6-16-17(9)10-3-1-2-4-18-10;13-11-8(7-1-3-15-4-2-7)5-10-9(12(11)14)6-16-17-10;8-4-1-5-3(2-11-12-5)7(10)6(4)9;1-3-5(11)2-4(8)6(9)7(3)10;1-4-6(9)2-5(8)3-7(4)10(11)12;1-4-6(9)2-5(8)3-7(4)10;1-2/h8H,9-11H2,1-7H3;4,6-7H,1-3,5H2,(H,16,17);5-6,10H,1-4H2;1,5-6,15H,2-4H2,(H,16,17);1-2H,(H,11,12);2H,11H2,1H3;2-3H,1H3;2-3H,10H2,1H3;1H3/i;;;;;;;;1D. The number of nitro benzene ring substituents is 1. The van der Waals surface area contributed by atoms with E-state index in [0.717, 1.165) is 98.8 Å². The first-order chi connectivity index (χ1) is 57.4. The van der Waals surface area contributed by atoms with Crippen molar-refractivity contribution < 1.29 is 65.0 Å². The van der Waals surface area contributed by atoms with Crippen LogP contribution < -0.4 is 16.8 Å². The Kier molecular flexibility index (Phi) is 35.9. The summed E-state index contributed by atoms with van der Waals surface area (Å²) < 4.78 is 137. The van der Waals surface area contributed by atoms with E-state index in [1.807, 2.05) is 72.8 Å². The summed E-state index contributed by atoms with van der Waals surface area (Å²) in [6.07, 6.45) is 20.7. The molecule has 0 radical (unpaired) electrons. The number of nitrogens with one attached hydrogen (secondary N) is 4. The van der Waals surface area contributed by atoms with E-state index in [4.69, 9.17) is 89.6 Å². The number of H-pyrrole nitrogens is 3. The predicted molar refractivity (Wildman–Crippen MR) is 485 cm³/mol. The van der Waals surface area contributed by atoms with Gasteiger partial charge in [-0.1, -0.05) is 108 Å². The third-order valence-electron chi connectivity index (χ3n) is 19.8. The summed E-state index contributed by atoms with van der Waals surface area (Å²) in [5, 5.41) is 39.8. The quantitative estimate of drug-likeness (QED) is 0.0234. The van der Waals surface area contributed by atoms with Crippen LogP contribution in [0.1, 0.15) is 142 Å². The summed E-state index contributed by atoms with van der Waals surface area (Å²) in [5.41, 5.74) is 19.0. The number of carbonyl (C=O) groups excluding carboxylic acids is 1. The van der Waals surface area contributed by atoms with E-state index in [0.29, 0.717) is 102 Å². The number of ether oxygens (including phenoxy) is 2. The number of carbonyl (C=O) groups is 1. The maximum absolute atomic E-state index is 14.0. The molecule has 1 atom stereocenters. The lowest BCUT2D eigenvalue weighted by Gasteiger charge is -2.32. The number of nitrogens with zero attached hydrogens (tertiary/aromatic N) is 7. The molecule has 0 saturated carbocycles. The van der Waals surface area contributed by atoms with Gasteiger partial charge in [-0.05, 0) is 247 Å². The first-order valence-corrected chi connectivity index (χ1v) is 43.2. The number of nitro groups is 1. The van der Waals surface area contributed by atoms with Crippen molar-refractivity contribution in [2.24, 2.45) is 0 Å². The minimum Gasteiger partial charge on any atom is -0.444 e. The van der Waals surface area contributed by atoms with E-state index in [1.165, 1.54) is 56.3 Å². The Hall–Kier alpha value is -6.90. The first-order valence-electron chi connectivity index (χ1n) is 38.0. The van der Waals surface area contributed by atoms with Gasteiger partial charge < -0.3 is 40.5 Å². The largest absolute Gasteiger partial charge is 0.490 e. The zero-order valence-corrected chi connectivity index (χ0v) is 78.7. The van der Waals surface area contributed by atoms with Crippen LogP contribution in [0.15, 0.2) is 125 Å². The molecule has 1 amide bonds. The average Bonchev–Trinajstić information content (AvgIpc) is 1.56. The lowest BCUT2D eigenvalue weighted by atomic mass is 9.75. The molecule has 8 N–H and O–H groups in total. The van der Waals surface area contributed by atoms with E-state index < -0.39 is 46.8 Å². The number of halogens is 18. The van der Waals surface area contributed by atoms with Gasteiger partial charge in [0, 0.05) is 88.3 Å². The molecule has 11 aromatic rings. The Morgan fingerprint density at radius 1 is 0.628 bits per heavy atom. The van der Waals surface area contributed by atoms with Crippen LogP contribution in [0.5, 0.6) is 0 Å². The Morgan fingerprint density at radius 2 is 1.12 bits per heavy atom. The van der Waals surface area contributed by atoms with E-state index in [-0.39, 0.29) is 78.6 Å². The molecule has 1 unspecified atom stereocenters. The van der Waals surface area contributed by atoms with Gasteiger partial charge in [0.25, 0.3) is 5.69 Å². The molecule has 121 heavy (non-hydrogen) atoms.